The average molecular weight is 212 g/mol. The van der Waals surface area contributed by atoms with Gasteiger partial charge in [0.05, 0.1) is 0 Å². The van der Waals surface area contributed by atoms with Crippen molar-refractivity contribution >= 4 is 13.3 Å². The van der Waals surface area contributed by atoms with Crippen molar-refractivity contribution in [2.24, 2.45) is 0 Å². The molecule has 0 N–H and O–H groups in total. The van der Waals surface area contributed by atoms with Crippen LogP contribution < -0.4 is 5.19 Å². The molecule has 0 aliphatic rings. The van der Waals surface area contributed by atoms with Crippen LogP contribution in [0.25, 0.3) is 0 Å². The van der Waals surface area contributed by atoms with Crippen molar-refractivity contribution in [3.63, 3.8) is 0 Å². The first-order chi connectivity index (χ1) is 6.42. The largest absolute Gasteiger partial charge is 0.251 e. The van der Waals surface area contributed by atoms with Gasteiger partial charge in [-0.1, -0.05) is 55.2 Å². The highest BCUT2D eigenvalue weighted by Crippen LogP contribution is 2.27. The monoisotopic (exact) mass is 212 g/mol. The summed E-state index contributed by atoms with van der Waals surface area (Å²) in [5, 5.41) is 0.755. The Morgan fingerprint density at radius 1 is 1.21 bits per heavy atom. The standard InChI is InChI=1S/C11H14F2Si/c1-4-11(12,13)14(2,3)10-8-6-5-7-9-10/h4-9H,1H2,2-3H3. The van der Waals surface area contributed by atoms with Crippen LogP contribution in [0.2, 0.25) is 13.1 Å². The molecule has 0 spiro atoms. The average Bonchev–Trinajstić information content (AvgIpc) is 2.19. The molecular formula is C11H14F2Si. The Labute approximate surface area is 84.3 Å². The van der Waals surface area contributed by atoms with Crippen molar-refractivity contribution in [3.05, 3.63) is 43.0 Å². The second kappa shape index (κ2) is 3.65. The van der Waals surface area contributed by atoms with Crippen molar-refractivity contribution in [1.82, 2.24) is 0 Å². The van der Waals surface area contributed by atoms with Gasteiger partial charge in [-0.25, -0.2) is 8.78 Å². The van der Waals surface area contributed by atoms with Crippen LogP contribution >= 0.6 is 0 Å². The highest BCUT2D eigenvalue weighted by Gasteiger charge is 2.47. The van der Waals surface area contributed by atoms with Crippen LogP contribution in [0.1, 0.15) is 0 Å². The summed E-state index contributed by atoms with van der Waals surface area (Å²) in [5.41, 5.74) is -2.76. The first-order valence-electron chi connectivity index (χ1n) is 4.49. The molecule has 76 valence electrons. The third-order valence-corrected chi connectivity index (χ3v) is 6.23. The molecule has 0 aromatic heterocycles. The molecule has 1 aromatic carbocycles. The molecule has 3 heteroatoms. The first-order valence-corrected chi connectivity index (χ1v) is 7.49. The van der Waals surface area contributed by atoms with Crippen LogP contribution in [-0.2, 0) is 0 Å². The summed E-state index contributed by atoms with van der Waals surface area (Å²) in [6, 6.07) is 8.96. The normalized spacial score (nSPS) is 12.6. The van der Waals surface area contributed by atoms with E-state index in [4.69, 9.17) is 0 Å². The zero-order chi connectivity index (χ0) is 10.8. The molecule has 0 radical (unpaired) electrons. The lowest BCUT2D eigenvalue weighted by Crippen LogP contribution is -2.56. The molecule has 0 atom stereocenters. The molecule has 1 rings (SSSR count). The Morgan fingerprint density at radius 2 is 1.71 bits per heavy atom. The van der Waals surface area contributed by atoms with E-state index in [2.05, 4.69) is 6.58 Å². The molecule has 0 saturated carbocycles. The van der Waals surface area contributed by atoms with E-state index in [1.165, 1.54) is 0 Å². The summed E-state index contributed by atoms with van der Waals surface area (Å²) in [7, 11) is -2.76. The van der Waals surface area contributed by atoms with Crippen LogP contribution in [0.5, 0.6) is 0 Å². The van der Waals surface area contributed by atoms with Crippen LogP contribution in [-0.4, -0.2) is 13.6 Å². The van der Waals surface area contributed by atoms with Crippen LogP contribution in [0, 0.1) is 0 Å². The van der Waals surface area contributed by atoms with Crippen molar-refractivity contribution in [1.29, 1.82) is 0 Å². The fourth-order valence-corrected chi connectivity index (χ4v) is 3.22. The molecule has 0 saturated heterocycles. The molecule has 1 aromatic rings. The Bertz CT molecular complexity index is 317. The molecule has 0 fully saturated rings. The molecule has 0 unspecified atom stereocenters. The van der Waals surface area contributed by atoms with Crippen molar-refractivity contribution in [2.45, 2.75) is 18.6 Å². The van der Waals surface area contributed by atoms with E-state index in [-0.39, 0.29) is 0 Å². The van der Waals surface area contributed by atoms with Gasteiger partial charge in [-0.05, 0) is 6.08 Å². The summed E-state index contributed by atoms with van der Waals surface area (Å²) in [6.07, 6.45) is 0.770. The molecule has 0 nitrogen and oxygen atoms in total. The van der Waals surface area contributed by atoms with Gasteiger partial charge < -0.3 is 0 Å². The van der Waals surface area contributed by atoms with Gasteiger partial charge in [0.1, 0.15) is 0 Å². The minimum atomic E-state index is -2.76. The maximum atomic E-state index is 13.6. The summed E-state index contributed by atoms with van der Waals surface area (Å²) in [4.78, 5) is 0. The molecule has 14 heavy (non-hydrogen) atoms. The zero-order valence-corrected chi connectivity index (χ0v) is 9.43. The number of halogens is 2. The van der Waals surface area contributed by atoms with Crippen LogP contribution in [0.15, 0.2) is 43.0 Å². The minimum absolute atomic E-state index is 0.755. The van der Waals surface area contributed by atoms with E-state index < -0.39 is 13.6 Å². The summed E-state index contributed by atoms with van der Waals surface area (Å²) < 4.78 is 27.1. The van der Waals surface area contributed by atoms with Gasteiger partial charge in [-0.3, -0.25) is 0 Å². The van der Waals surface area contributed by atoms with E-state index in [9.17, 15) is 8.78 Å². The quantitative estimate of drug-likeness (QED) is 0.534. The fourth-order valence-electron chi connectivity index (χ4n) is 1.30. The molecule has 0 bridgehead atoms. The number of allylic oxidation sites excluding steroid dienone is 1. The van der Waals surface area contributed by atoms with E-state index in [0.717, 1.165) is 11.3 Å². The van der Waals surface area contributed by atoms with E-state index >= 15 is 0 Å². The van der Waals surface area contributed by atoms with Crippen molar-refractivity contribution in [3.8, 4) is 0 Å². The lowest BCUT2D eigenvalue weighted by molar-refractivity contribution is 0.139. The Balaban J connectivity index is 3.14. The molecule has 0 aliphatic carbocycles. The Morgan fingerprint density at radius 3 is 2.14 bits per heavy atom. The lowest BCUT2D eigenvalue weighted by Gasteiger charge is -2.29. The SMILES string of the molecule is C=CC(F)(F)[Si](C)(C)c1ccccc1. The highest BCUT2D eigenvalue weighted by molar-refractivity contribution is 6.92. The number of benzene rings is 1. The lowest BCUT2D eigenvalue weighted by atomic mass is 10.4. The van der Waals surface area contributed by atoms with E-state index in [1.807, 2.05) is 6.07 Å². The topological polar surface area (TPSA) is 0 Å². The van der Waals surface area contributed by atoms with Gasteiger partial charge >= 0.3 is 0 Å². The zero-order valence-electron chi connectivity index (χ0n) is 8.43. The minimum Gasteiger partial charge on any atom is -0.207 e. The molecule has 0 aliphatic heterocycles. The molecule has 0 amide bonds. The number of hydrogen-bond donors (Lipinski definition) is 0. The highest BCUT2D eigenvalue weighted by atomic mass is 28.3. The maximum Gasteiger partial charge on any atom is 0.251 e. The van der Waals surface area contributed by atoms with E-state index in [1.54, 1.807) is 37.4 Å². The second-order valence-electron chi connectivity index (χ2n) is 3.82. The van der Waals surface area contributed by atoms with Gasteiger partial charge in [0.15, 0.2) is 8.07 Å². The van der Waals surface area contributed by atoms with Crippen LogP contribution in [0.3, 0.4) is 0 Å². The van der Waals surface area contributed by atoms with Gasteiger partial charge in [0.25, 0.3) is 5.55 Å². The number of alkyl halides is 2. The number of hydrogen-bond acceptors (Lipinski definition) is 0. The summed E-state index contributed by atoms with van der Waals surface area (Å²) in [5.74, 6) is 0. The Kier molecular flexibility index (Phi) is 2.90. The smallest absolute Gasteiger partial charge is 0.207 e. The third-order valence-electron chi connectivity index (χ3n) is 2.59. The second-order valence-corrected chi connectivity index (χ2v) is 8.31. The molecule has 0 heterocycles. The van der Waals surface area contributed by atoms with E-state index in [0.29, 0.717) is 0 Å². The fraction of sp³-hybridized carbons (Fsp3) is 0.273. The van der Waals surface area contributed by atoms with Gasteiger partial charge in [-0.2, -0.15) is 0 Å². The summed E-state index contributed by atoms with van der Waals surface area (Å²) in [6.45, 7) is 6.52. The van der Waals surface area contributed by atoms with Crippen LogP contribution in [0.4, 0.5) is 8.78 Å². The van der Waals surface area contributed by atoms with Crippen molar-refractivity contribution in [2.75, 3.05) is 0 Å². The van der Waals surface area contributed by atoms with Gasteiger partial charge in [-0.15, -0.1) is 0 Å². The molecular weight excluding hydrogens is 198 g/mol. The predicted molar refractivity (Wildman–Crippen MR) is 58.7 cm³/mol. The number of rotatable bonds is 3. The van der Waals surface area contributed by atoms with Crippen molar-refractivity contribution < 1.29 is 8.78 Å². The van der Waals surface area contributed by atoms with Gasteiger partial charge in [0, 0.05) is 0 Å². The summed E-state index contributed by atoms with van der Waals surface area (Å²) >= 11 is 0. The Hall–Kier alpha value is -0.963. The van der Waals surface area contributed by atoms with Gasteiger partial charge in [0.2, 0.25) is 0 Å². The third kappa shape index (κ3) is 1.77. The predicted octanol–water partition coefficient (Wildman–Crippen LogP) is 2.96. The maximum absolute atomic E-state index is 13.6. The first kappa shape index (κ1) is 11.1.